The molecule has 98 valence electrons. The Hall–Kier alpha value is -1.71. The van der Waals surface area contributed by atoms with Gasteiger partial charge in [-0.05, 0) is 44.4 Å². The van der Waals surface area contributed by atoms with E-state index in [1.807, 2.05) is 6.07 Å². The molecule has 0 spiro atoms. The third-order valence-corrected chi connectivity index (χ3v) is 3.85. The first kappa shape index (κ1) is 12.7. The van der Waals surface area contributed by atoms with Gasteiger partial charge in [-0.15, -0.1) is 0 Å². The minimum Gasteiger partial charge on any atom is -0.397 e. The Morgan fingerprint density at radius 1 is 1.44 bits per heavy atom. The van der Waals surface area contributed by atoms with E-state index in [-0.39, 0.29) is 0 Å². The van der Waals surface area contributed by atoms with Crippen molar-refractivity contribution in [1.29, 1.82) is 0 Å². The van der Waals surface area contributed by atoms with Crippen molar-refractivity contribution in [3.8, 4) is 0 Å². The van der Waals surface area contributed by atoms with Gasteiger partial charge in [0.05, 0.1) is 11.4 Å². The number of hydrogen-bond acceptors (Lipinski definition) is 3. The minimum atomic E-state index is -0.435. The fourth-order valence-corrected chi connectivity index (χ4v) is 2.85. The van der Waals surface area contributed by atoms with Gasteiger partial charge in [0.1, 0.15) is 0 Å². The maximum Gasteiger partial charge on any atom is 0.248 e. The molecule has 4 N–H and O–H groups in total. The van der Waals surface area contributed by atoms with Crippen LogP contribution in [0.3, 0.4) is 0 Å². The molecule has 1 aliphatic heterocycles. The van der Waals surface area contributed by atoms with Crippen LogP contribution in [0.2, 0.25) is 0 Å². The van der Waals surface area contributed by atoms with E-state index in [0.717, 1.165) is 12.1 Å². The first-order valence-electron chi connectivity index (χ1n) is 6.52. The van der Waals surface area contributed by atoms with Gasteiger partial charge in [-0.1, -0.05) is 6.92 Å². The summed E-state index contributed by atoms with van der Waals surface area (Å²) in [6.45, 7) is 4.42. The summed E-state index contributed by atoms with van der Waals surface area (Å²) < 4.78 is 0. The predicted octanol–water partition coefficient (Wildman–Crippen LogP) is 2.14. The lowest BCUT2D eigenvalue weighted by Crippen LogP contribution is -2.34. The quantitative estimate of drug-likeness (QED) is 0.804. The molecule has 0 saturated carbocycles. The van der Waals surface area contributed by atoms with Crippen LogP contribution in [0.4, 0.5) is 11.4 Å². The monoisotopic (exact) mass is 247 g/mol. The summed E-state index contributed by atoms with van der Waals surface area (Å²) in [4.78, 5) is 13.5. The fraction of sp³-hybridized carbons (Fsp3) is 0.500. The zero-order chi connectivity index (χ0) is 13.3. The Kier molecular flexibility index (Phi) is 3.45. The van der Waals surface area contributed by atoms with Gasteiger partial charge in [0.15, 0.2) is 0 Å². The van der Waals surface area contributed by atoms with Gasteiger partial charge in [-0.25, -0.2) is 0 Å². The molecular weight excluding hydrogens is 226 g/mol. The third-order valence-electron chi connectivity index (χ3n) is 3.85. The van der Waals surface area contributed by atoms with Gasteiger partial charge in [0.2, 0.25) is 5.91 Å². The van der Waals surface area contributed by atoms with Crippen molar-refractivity contribution >= 4 is 17.3 Å². The molecule has 1 aliphatic rings. The minimum absolute atomic E-state index is 0.435. The summed E-state index contributed by atoms with van der Waals surface area (Å²) in [6, 6.07) is 6.39. The van der Waals surface area contributed by atoms with E-state index in [1.54, 1.807) is 12.1 Å². The fourth-order valence-electron chi connectivity index (χ4n) is 2.85. The molecule has 1 aromatic carbocycles. The van der Waals surface area contributed by atoms with Gasteiger partial charge in [-0.2, -0.15) is 0 Å². The standard InChI is InChI=1S/C14H21N3O/c1-3-11-6-4-9(2)17(11)13-7-5-10(14(16)18)8-12(13)15/h5,7-9,11H,3-4,6,15H2,1-2H3,(H2,16,18). The second kappa shape index (κ2) is 4.88. The van der Waals surface area contributed by atoms with Crippen molar-refractivity contribution in [3.05, 3.63) is 23.8 Å². The summed E-state index contributed by atoms with van der Waals surface area (Å²) in [7, 11) is 0. The van der Waals surface area contributed by atoms with Crippen LogP contribution in [0.25, 0.3) is 0 Å². The molecule has 2 atom stereocenters. The number of carbonyl (C=O) groups is 1. The molecule has 1 heterocycles. The molecule has 0 aromatic heterocycles. The van der Waals surface area contributed by atoms with Crippen LogP contribution < -0.4 is 16.4 Å². The van der Waals surface area contributed by atoms with Gasteiger partial charge in [0, 0.05) is 17.6 Å². The summed E-state index contributed by atoms with van der Waals surface area (Å²) in [5.74, 6) is -0.435. The average Bonchev–Trinajstić information content (AvgIpc) is 2.70. The number of nitrogen functional groups attached to an aromatic ring is 1. The summed E-state index contributed by atoms with van der Waals surface area (Å²) in [6.07, 6.45) is 3.51. The van der Waals surface area contributed by atoms with E-state index in [4.69, 9.17) is 11.5 Å². The van der Waals surface area contributed by atoms with Crippen molar-refractivity contribution in [3.63, 3.8) is 0 Å². The second-order valence-corrected chi connectivity index (χ2v) is 5.03. The molecule has 0 radical (unpaired) electrons. The van der Waals surface area contributed by atoms with Crippen LogP contribution in [0, 0.1) is 0 Å². The Morgan fingerprint density at radius 3 is 2.72 bits per heavy atom. The highest BCUT2D eigenvalue weighted by atomic mass is 16.1. The molecule has 0 bridgehead atoms. The van der Waals surface area contributed by atoms with Gasteiger partial charge in [-0.3, -0.25) is 4.79 Å². The molecule has 18 heavy (non-hydrogen) atoms. The van der Waals surface area contributed by atoms with Gasteiger partial charge in [0.25, 0.3) is 0 Å². The normalized spacial score (nSPS) is 23.3. The van der Waals surface area contributed by atoms with Crippen molar-refractivity contribution in [2.45, 2.75) is 45.2 Å². The van der Waals surface area contributed by atoms with E-state index in [2.05, 4.69) is 18.7 Å². The Balaban J connectivity index is 2.35. The first-order valence-corrected chi connectivity index (χ1v) is 6.52. The van der Waals surface area contributed by atoms with Crippen LogP contribution >= 0.6 is 0 Å². The van der Waals surface area contributed by atoms with E-state index in [0.29, 0.717) is 23.3 Å². The third kappa shape index (κ3) is 2.15. The van der Waals surface area contributed by atoms with Crippen molar-refractivity contribution in [2.24, 2.45) is 5.73 Å². The molecule has 4 nitrogen and oxygen atoms in total. The maximum atomic E-state index is 11.1. The number of anilines is 2. The molecule has 2 unspecified atom stereocenters. The Morgan fingerprint density at radius 2 is 2.17 bits per heavy atom. The molecule has 1 fully saturated rings. The maximum absolute atomic E-state index is 11.1. The molecule has 0 aliphatic carbocycles. The van der Waals surface area contributed by atoms with Crippen LogP contribution in [0.5, 0.6) is 0 Å². The average molecular weight is 247 g/mol. The molecule has 1 aromatic rings. The first-order chi connectivity index (χ1) is 8.54. The van der Waals surface area contributed by atoms with Crippen molar-refractivity contribution in [2.75, 3.05) is 10.6 Å². The van der Waals surface area contributed by atoms with Crippen LogP contribution in [0.15, 0.2) is 18.2 Å². The number of primary amides is 1. The van der Waals surface area contributed by atoms with Crippen LogP contribution in [0.1, 0.15) is 43.5 Å². The lowest BCUT2D eigenvalue weighted by Gasteiger charge is -2.31. The highest BCUT2D eigenvalue weighted by Gasteiger charge is 2.30. The topological polar surface area (TPSA) is 72.3 Å². The lowest BCUT2D eigenvalue weighted by atomic mass is 10.1. The number of carbonyl (C=O) groups excluding carboxylic acids is 1. The molecule has 4 heteroatoms. The zero-order valence-corrected chi connectivity index (χ0v) is 11.0. The summed E-state index contributed by atoms with van der Waals surface area (Å²) in [5, 5.41) is 0. The molecule has 1 amide bonds. The number of hydrogen-bond donors (Lipinski definition) is 2. The summed E-state index contributed by atoms with van der Waals surface area (Å²) in [5.41, 5.74) is 13.5. The number of benzene rings is 1. The number of rotatable bonds is 3. The van der Waals surface area contributed by atoms with E-state index in [1.165, 1.54) is 12.8 Å². The van der Waals surface area contributed by atoms with E-state index >= 15 is 0 Å². The highest BCUT2D eigenvalue weighted by molar-refractivity contribution is 5.95. The predicted molar refractivity (Wildman–Crippen MR) is 74.6 cm³/mol. The lowest BCUT2D eigenvalue weighted by molar-refractivity contribution is 0.100. The van der Waals surface area contributed by atoms with Gasteiger partial charge >= 0.3 is 0 Å². The van der Waals surface area contributed by atoms with Crippen LogP contribution in [-0.2, 0) is 0 Å². The smallest absolute Gasteiger partial charge is 0.248 e. The Labute approximate surface area is 108 Å². The highest BCUT2D eigenvalue weighted by Crippen LogP contribution is 2.35. The molecule has 1 saturated heterocycles. The molecular formula is C14H21N3O. The number of nitrogens with zero attached hydrogens (tertiary/aromatic N) is 1. The van der Waals surface area contributed by atoms with Crippen molar-refractivity contribution < 1.29 is 4.79 Å². The SMILES string of the molecule is CCC1CCC(C)N1c1ccc(C(N)=O)cc1N. The van der Waals surface area contributed by atoms with E-state index < -0.39 is 5.91 Å². The second-order valence-electron chi connectivity index (χ2n) is 5.03. The number of nitrogens with two attached hydrogens (primary N) is 2. The Bertz CT molecular complexity index is 458. The molecule has 2 rings (SSSR count). The zero-order valence-electron chi connectivity index (χ0n) is 11.0. The largest absolute Gasteiger partial charge is 0.397 e. The van der Waals surface area contributed by atoms with Crippen LogP contribution in [-0.4, -0.2) is 18.0 Å². The van der Waals surface area contributed by atoms with Crippen molar-refractivity contribution in [1.82, 2.24) is 0 Å². The number of amides is 1. The summed E-state index contributed by atoms with van der Waals surface area (Å²) >= 11 is 0. The van der Waals surface area contributed by atoms with E-state index in [9.17, 15) is 4.79 Å². The van der Waals surface area contributed by atoms with Gasteiger partial charge < -0.3 is 16.4 Å².